The zero-order valence-electron chi connectivity index (χ0n) is 18.0. The maximum atomic E-state index is 12.5. The third-order valence-electron chi connectivity index (χ3n) is 4.47. The number of hydrogen-bond acceptors (Lipinski definition) is 8. The highest BCUT2D eigenvalue weighted by molar-refractivity contribution is 7.99. The normalized spacial score (nSPS) is 10.5. The molecule has 0 fully saturated rings. The summed E-state index contributed by atoms with van der Waals surface area (Å²) in [5.74, 6) is 1.19. The van der Waals surface area contributed by atoms with Gasteiger partial charge in [0.2, 0.25) is 5.91 Å². The Hall–Kier alpha value is -3.53. The Labute approximate surface area is 190 Å². The van der Waals surface area contributed by atoms with E-state index in [0.717, 1.165) is 0 Å². The fourth-order valence-corrected chi connectivity index (χ4v) is 3.75. The number of nitrogens with one attached hydrogen (secondary N) is 1. The number of carbonyl (C=O) groups excluding carboxylic acids is 2. The molecule has 3 rings (SSSR count). The van der Waals surface area contributed by atoms with Gasteiger partial charge in [0, 0.05) is 6.54 Å². The van der Waals surface area contributed by atoms with Crippen molar-refractivity contribution >= 4 is 29.3 Å². The van der Waals surface area contributed by atoms with E-state index in [4.69, 9.17) is 14.2 Å². The van der Waals surface area contributed by atoms with Crippen LogP contribution in [0.2, 0.25) is 0 Å². The van der Waals surface area contributed by atoms with E-state index in [1.54, 1.807) is 31.4 Å². The third kappa shape index (κ3) is 5.58. The number of anilines is 1. The summed E-state index contributed by atoms with van der Waals surface area (Å²) in [7, 11) is 2.88. The number of nitrogens with zero attached hydrogens (tertiary/aromatic N) is 3. The van der Waals surface area contributed by atoms with Crippen LogP contribution in [-0.4, -0.2) is 46.6 Å². The summed E-state index contributed by atoms with van der Waals surface area (Å²) < 4.78 is 17.8. The first-order valence-electron chi connectivity index (χ1n) is 9.85. The SMILES string of the molecule is CCn1c(COc2ccccc2OC)nnc1SCC(=O)Nc1ccccc1C(=O)OC. The van der Waals surface area contributed by atoms with Gasteiger partial charge in [0.1, 0.15) is 6.61 Å². The number of para-hydroxylation sites is 3. The van der Waals surface area contributed by atoms with Gasteiger partial charge in [-0.1, -0.05) is 36.0 Å². The summed E-state index contributed by atoms with van der Waals surface area (Å²) >= 11 is 1.25. The number of aromatic nitrogens is 3. The fourth-order valence-electron chi connectivity index (χ4n) is 2.93. The van der Waals surface area contributed by atoms with Crippen LogP contribution in [0.1, 0.15) is 23.1 Å². The molecular weight excluding hydrogens is 432 g/mol. The van der Waals surface area contributed by atoms with Crippen LogP contribution in [0.15, 0.2) is 53.7 Å². The van der Waals surface area contributed by atoms with E-state index in [2.05, 4.69) is 15.5 Å². The van der Waals surface area contributed by atoms with E-state index in [9.17, 15) is 9.59 Å². The van der Waals surface area contributed by atoms with E-state index in [1.807, 2.05) is 35.8 Å². The molecule has 0 aliphatic heterocycles. The molecule has 0 saturated carbocycles. The standard InChI is InChI=1S/C22H24N4O5S/c1-4-26-19(13-31-18-12-8-7-11-17(18)29-2)24-25-22(26)32-14-20(27)23-16-10-6-5-9-15(16)21(28)30-3/h5-12H,4,13-14H2,1-3H3,(H,23,27). The Morgan fingerprint density at radius 2 is 1.75 bits per heavy atom. The van der Waals surface area contributed by atoms with E-state index in [0.29, 0.717) is 40.3 Å². The predicted molar refractivity (Wildman–Crippen MR) is 120 cm³/mol. The molecule has 0 saturated heterocycles. The predicted octanol–water partition coefficient (Wildman–Crippen LogP) is 3.40. The van der Waals surface area contributed by atoms with Crippen LogP contribution in [0.5, 0.6) is 11.5 Å². The van der Waals surface area contributed by atoms with Crippen molar-refractivity contribution in [3.05, 3.63) is 59.9 Å². The molecule has 1 N–H and O–H groups in total. The lowest BCUT2D eigenvalue weighted by molar-refractivity contribution is -0.113. The number of thioether (sulfide) groups is 1. The number of amides is 1. The lowest BCUT2D eigenvalue weighted by Gasteiger charge is -2.11. The number of esters is 1. The van der Waals surface area contributed by atoms with Crippen molar-refractivity contribution in [2.45, 2.75) is 25.2 Å². The highest BCUT2D eigenvalue weighted by Crippen LogP contribution is 2.27. The molecule has 3 aromatic rings. The van der Waals surface area contributed by atoms with Gasteiger partial charge in [-0.15, -0.1) is 10.2 Å². The van der Waals surface area contributed by atoms with Crippen LogP contribution >= 0.6 is 11.8 Å². The number of carbonyl (C=O) groups is 2. The van der Waals surface area contributed by atoms with Gasteiger partial charge in [-0.2, -0.15) is 0 Å². The van der Waals surface area contributed by atoms with Gasteiger partial charge in [0.25, 0.3) is 0 Å². The first kappa shape index (κ1) is 23.1. The molecule has 2 aromatic carbocycles. The van der Waals surface area contributed by atoms with Crippen molar-refractivity contribution in [2.75, 3.05) is 25.3 Å². The smallest absolute Gasteiger partial charge is 0.339 e. The van der Waals surface area contributed by atoms with E-state index < -0.39 is 5.97 Å². The topological polar surface area (TPSA) is 105 Å². The van der Waals surface area contributed by atoms with Crippen LogP contribution in [0, 0.1) is 0 Å². The zero-order chi connectivity index (χ0) is 22.9. The van der Waals surface area contributed by atoms with Crippen molar-refractivity contribution in [3.63, 3.8) is 0 Å². The molecule has 10 heteroatoms. The van der Waals surface area contributed by atoms with Gasteiger partial charge in [-0.05, 0) is 31.2 Å². The summed E-state index contributed by atoms with van der Waals surface area (Å²) in [4.78, 5) is 24.3. The quantitative estimate of drug-likeness (QED) is 0.366. The van der Waals surface area contributed by atoms with Crippen molar-refractivity contribution in [1.82, 2.24) is 14.8 Å². The van der Waals surface area contributed by atoms with Gasteiger partial charge in [-0.3, -0.25) is 4.79 Å². The molecule has 168 valence electrons. The molecule has 0 aliphatic rings. The molecule has 0 radical (unpaired) electrons. The number of methoxy groups -OCH3 is 2. The van der Waals surface area contributed by atoms with E-state index in [1.165, 1.54) is 18.9 Å². The molecule has 1 amide bonds. The maximum absolute atomic E-state index is 12.5. The van der Waals surface area contributed by atoms with E-state index >= 15 is 0 Å². The van der Waals surface area contributed by atoms with Crippen molar-refractivity contribution < 1.29 is 23.8 Å². The summed E-state index contributed by atoms with van der Waals surface area (Å²) in [5.41, 5.74) is 0.689. The summed E-state index contributed by atoms with van der Waals surface area (Å²) in [6.45, 7) is 2.79. The average Bonchev–Trinajstić information content (AvgIpc) is 3.23. The molecule has 0 spiro atoms. The van der Waals surface area contributed by atoms with Gasteiger partial charge in [-0.25, -0.2) is 4.79 Å². The van der Waals surface area contributed by atoms with Crippen LogP contribution in [0.4, 0.5) is 5.69 Å². The zero-order valence-corrected chi connectivity index (χ0v) is 18.8. The Bertz CT molecular complexity index is 1090. The molecule has 0 aliphatic carbocycles. The first-order valence-corrected chi connectivity index (χ1v) is 10.8. The number of benzene rings is 2. The van der Waals surface area contributed by atoms with Crippen molar-refractivity contribution in [3.8, 4) is 11.5 Å². The molecule has 9 nitrogen and oxygen atoms in total. The summed E-state index contributed by atoms with van der Waals surface area (Å²) in [5, 5.41) is 11.7. The summed E-state index contributed by atoms with van der Waals surface area (Å²) in [6.07, 6.45) is 0. The molecule has 0 bridgehead atoms. The number of hydrogen-bond donors (Lipinski definition) is 1. The molecule has 0 atom stereocenters. The minimum Gasteiger partial charge on any atom is -0.493 e. The second-order valence-electron chi connectivity index (χ2n) is 6.46. The van der Waals surface area contributed by atoms with Gasteiger partial charge in [0.05, 0.1) is 31.2 Å². The minimum absolute atomic E-state index is 0.0982. The lowest BCUT2D eigenvalue weighted by Crippen LogP contribution is -2.17. The number of ether oxygens (including phenoxy) is 3. The largest absolute Gasteiger partial charge is 0.493 e. The summed E-state index contributed by atoms with van der Waals surface area (Å²) in [6, 6.07) is 14.0. The Morgan fingerprint density at radius 3 is 2.47 bits per heavy atom. The maximum Gasteiger partial charge on any atom is 0.339 e. The Morgan fingerprint density at radius 1 is 1.03 bits per heavy atom. The Balaban J connectivity index is 1.62. The van der Waals surface area contributed by atoms with Gasteiger partial charge < -0.3 is 24.1 Å². The second kappa shape index (κ2) is 11.2. The molecule has 0 unspecified atom stereocenters. The highest BCUT2D eigenvalue weighted by Gasteiger charge is 2.16. The molecular formula is C22H24N4O5S. The van der Waals surface area contributed by atoms with Crippen molar-refractivity contribution in [1.29, 1.82) is 0 Å². The van der Waals surface area contributed by atoms with Gasteiger partial charge >= 0.3 is 5.97 Å². The minimum atomic E-state index is -0.515. The first-order chi connectivity index (χ1) is 15.6. The Kier molecular flexibility index (Phi) is 8.09. The lowest BCUT2D eigenvalue weighted by atomic mass is 10.2. The monoisotopic (exact) mass is 456 g/mol. The van der Waals surface area contributed by atoms with Gasteiger partial charge in [0.15, 0.2) is 22.5 Å². The van der Waals surface area contributed by atoms with Crippen LogP contribution in [0.25, 0.3) is 0 Å². The molecule has 1 heterocycles. The third-order valence-corrected chi connectivity index (χ3v) is 5.44. The van der Waals surface area contributed by atoms with Crippen molar-refractivity contribution in [2.24, 2.45) is 0 Å². The number of rotatable bonds is 10. The van der Waals surface area contributed by atoms with E-state index in [-0.39, 0.29) is 18.3 Å². The van der Waals surface area contributed by atoms with Crippen LogP contribution in [-0.2, 0) is 22.7 Å². The van der Waals surface area contributed by atoms with Crippen LogP contribution < -0.4 is 14.8 Å². The second-order valence-corrected chi connectivity index (χ2v) is 7.40. The highest BCUT2D eigenvalue weighted by atomic mass is 32.2. The molecule has 32 heavy (non-hydrogen) atoms. The fraction of sp³-hybridized carbons (Fsp3) is 0.273. The molecule has 1 aromatic heterocycles. The average molecular weight is 457 g/mol. The van der Waals surface area contributed by atoms with Crippen LogP contribution in [0.3, 0.4) is 0 Å².